The zero-order chi connectivity index (χ0) is 14.8. The topological polar surface area (TPSA) is 36.7 Å². The average Bonchev–Trinajstić information content (AvgIpc) is 2.37. The summed E-state index contributed by atoms with van der Waals surface area (Å²) in [6.45, 7) is 0. The Balaban J connectivity index is 2.61. The van der Waals surface area contributed by atoms with Gasteiger partial charge in [-0.05, 0) is 23.8 Å². The van der Waals surface area contributed by atoms with E-state index in [1.54, 1.807) is 0 Å². The van der Waals surface area contributed by atoms with Crippen molar-refractivity contribution in [2.45, 2.75) is 12.6 Å². The first-order valence-electron chi connectivity index (χ1n) is 5.62. The first kappa shape index (κ1) is 14.4. The molecule has 0 saturated heterocycles. The zero-order valence-corrected chi connectivity index (χ0v) is 10.8. The second-order valence-electron chi connectivity index (χ2n) is 4.06. The molecule has 0 bridgehead atoms. The normalized spacial score (nSPS) is 11.2. The van der Waals surface area contributed by atoms with Crippen LogP contribution in [0.2, 0.25) is 5.15 Å². The number of hydrogen-bond acceptors (Lipinski definition) is 2. The van der Waals surface area contributed by atoms with Gasteiger partial charge in [0.25, 0.3) is 0 Å². The molecule has 0 fully saturated rings. The monoisotopic (exact) mass is 296 g/mol. The van der Waals surface area contributed by atoms with E-state index in [4.69, 9.17) is 16.9 Å². The fourth-order valence-corrected chi connectivity index (χ4v) is 2.07. The van der Waals surface area contributed by atoms with E-state index in [0.29, 0.717) is 5.56 Å². The number of nitriles is 1. The maximum atomic E-state index is 13.0. The van der Waals surface area contributed by atoms with Crippen LogP contribution < -0.4 is 0 Å². The Morgan fingerprint density at radius 2 is 1.90 bits per heavy atom. The van der Waals surface area contributed by atoms with Crippen molar-refractivity contribution in [1.29, 1.82) is 5.26 Å². The predicted octanol–water partition coefficient (Wildman–Crippen LogP) is 4.49. The fourth-order valence-electron chi connectivity index (χ4n) is 1.83. The number of aromatic nitrogens is 1. The van der Waals surface area contributed by atoms with Gasteiger partial charge in [0.2, 0.25) is 0 Å². The van der Waals surface area contributed by atoms with Crippen LogP contribution in [0.4, 0.5) is 13.2 Å². The zero-order valence-electron chi connectivity index (χ0n) is 10.1. The summed E-state index contributed by atoms with van der Waals surface area (Å²) in [5.41, 5.74) is -0.200. The van der Waals surface area contributed by atoms with Crippen molar-refractivity contribution in [2.24, 2.45) is 0 Å². The van der Waals surface area contributed by atoms with Crippen molar-refractivity contribution in [3.63, 3.8) is 0 Å². The van der Waals surface area contributed by atoms with Gasteiger partial charge < -0.3 is 0 Å². The quantitative estimate of drug-likeness (QED) is 0.766. The van der Waals surface area contributed by atoms with Gasteiger partial charge in [-0.25, -0.2) is 4.98 Å². The second kappa shape index (κ2) is 5.51. The molecule has 1 heterocycles. The lowest BCUT2D eigenvalue weighted by Crippen LogP contribution is -2.07. The van der Waals surface area contributed by atoms with Gasteiger partial charge >= 0.3 is 6.18 Å². The Bertz CT molecular complexity index is 675. The molecule has 0 unspecified atom stereocenters. The number of nitrogens with zero attached hydrogens (tertiary/aromatic N) is 2. The molecular weight excluding hydrogens is 289 g/mol. The highest BCUT2D eigenvalue weighted by atomic mass is 35.5. The average molecular weight is 297 g/mol. The number of benzene rings is 1. The lowest BCUT2D eigenvalue weighted by atomic mass is 10.0. The minimum atomic E-state index is -4.48. The van der Waals surface area contributed by atoms with Gasteiger partial charge in [-0.2, -0.15) is 18.4 Å². The van der Waals surface area contributed by atoms with E-state index < -0.39 is 11.7 Å². The second-order valence-corrected chi connectivity index (χ2v) is 4.45. The molecule has 2 aromatic rings. The molecule has 0 aliphatic rings. The third kappa shape index (κ3) is 3.09. The molecule has 0 saturated carbocycles. The minimum absolute atomic E-state index is 0.0540. The Labute approximate surface area is 118 Å². The molecule has 102 valence electrons. The Morgan fingerprint density at radius 1 is 1.20 bits per heavy atom. The van der Waals surface area contributed by atoms with Crippen molar-refractivity contribution in [3.8, 4) is 17.3 Å². The highest BCUT2D eigenvalue weighted by Gasteiger charge is 2.33. The smallest absolute Gasteiger partial charge is 0.236 e. The van der Waals surface area contributed by atoms with E-state index in [-0.39, 0.29) is 22.8 Å². The lowest BCUT2D eigenvalue weighted by molar-refractivity contribution is -0.137. The third-order valence-electron chi connectivity index (χ3n) is 2.65. The molecule has 1 aromatic heterocycles. The first-order chi connectivity index (χ1) is 9.41. The maximum Gasteiger partial charge on any atom is 0.417 e. The van der Waals surface area contributed by atoms with Gasteiger partial charge in [-0.3, -0.25) is 0 Å². The van der Waals surface area contributed by atoms with E-state index in [0.717, 1.165) is 6.07 Å². The molecule has 20 heavy (non-hydrogen) atoms. The molecule has 0 radical (unpaired) electrons. The van der Waals surface area contributed by atoms with Crippen LogP contribution in [0.15, 0.2) is 36.4 Å². The summed E-state index contributed by atoms with van der Waals surface area (Å²) in [5, 5.41) is 8.72. The van der Waals surface area contributed by atoms with Crippen LogP contribution in [0.5, 0.6) is 0 Å². The van der Waals surface area contributed by atoms with Gasteiger partial charge in [0.05, 0.1) is 23.7 Å². The van der Waals surface area contributed by atoms with Gasteiger partial charge in [-0.1, -0.05) is 29.8 Å². The summed E-state index contributed by atoms with van der Waals surface area (Å²) < 4.78 is 38.9. The van der Waals surface area contributed by atoms with Crippen LogP contribution in [0.3, 0.4) is 0 Å². The summed E-state index contributed by atoms with van der Waals surface area (Å²) in [7, 11) is 0. The molecular formula is C14H8ClF3N2. The summed E-state index contributed by atoms with van der Waals surface area (Å²) in [4.78, 5) is 3.92. The summed E-state index contributed by atoms with van der Waals surface area (Å²) in [6, 6.07) is 9.96. The van der Waals surface area contributed by atoms with Gasteiger partial charge in [-0.15, -0.1) is 0 Å². The Morgan fingerprint density at radius 3 is 2.55 bits per heavy atom. The molecule has 2 rings (SSSR count). The van der Waals surface area contributed by atoms with E-state index in [2.05, 4.69) is 4.98 Å². The highest BCUT2D eigenvalue weighted by Crippen LogP contribution is 2.36. The van der Waals surface area contributed by atoms with Gasteiger partial charge in [0, 0.05) is 5.56 Å². The Kier molecular flexibility index (Phi) is 3.96. The molecule has 0 aliphatic carbocycles. The van der Waals surface area contributed by atoms with E-state index in [9.17, 15) is 13.2 Å². The minimum Gasteiger partial charge on any atom is -0.236 e. The van der Waals surface area contributed by atoms with Gasteiger partial charge in [0.15, 0.2) is 0 Å². The van der Waals surface area contributed by atoms with Crippen molar-refractivity contribution >= 4 is 11.6 Å². The summed E-state index contributed by atoms with van der Waals surface area (Å²) in [5.74, 6) is 0. The lowest BCUT2D eigenvalue weighted by Gasteiger charge is -2.12. The summed E-state index contributed by atoms with van der Waals surface area (Å²) in [6.07, 6.45) is -4.42. The van der Waals surface area contributed by atoms with Crippen molar-refractivity contribution in [3.05, 3.63) is 52.7 Å². The largest absolute Gasteiger partial charge is 0.417 e. The van der Waals surface area contributed by atoms with Crippen LogP contribution in [-0.4, -0.2) is 4.98 Å². The van der Waals surface area contributed by atoms with Crippen molar-refractivity contribution in [1.82, 2.24) is 4.98 Å². The van der Waals surface area contributed by atoms with Crippen LogP contribution in [0.25, 0.3) is 11.3 Å². The predicted molar refractivity (Wildman–Crippen MR) is 69.0 cm³/mol. The molecule has 0 aliphatic heterocycles. The molecule has 2 nitrogen and oxygen atoms in total. The van der Waals surface area contributed by atoms with Crippen LogP contribution in [0.1, 0.15) is 11.1 Å². The van der Waals surface area contributed by atoms with E-state index in [1.807, 2.05) is 6.07 Å². The van der Waals surface area contributed by atoms with E-state index >= 15 is 0 Å². The third-order valence-corrected chi connectivity index (χ3v) is 2.84. The number of pyridine rings is 1. The molecule has 6 heteroatoms. The van der Waals surface area contributed by atoms with Crippen molar-refractivity contribution < 1.29 is 13.2 Å². The Hall–Kier alpha value is -2.06. The van der Waals surface area contributed by atoms with Crippen molar-refractivity contribution in [2.75, 3.05) is 0 Å². The SMILES string of the molecule is N#CCc1cc(Cl)nc(-c2ccccc2C(F)(F)F)c1. The molecule has 0 amide bonds. The van der Waals surface area contributed by atoms with Gasteiger partial charge in [0.1, 0.15) is 5.15 Å². The standard InChI is InChI=1S/C14H8ClF3N2/c15-13-8-9(5-6-19)7-12(20-13)10-3-1-2-4-11(10)14(16,17)18/h1-4,7-8H,5H2. The number of halogens is 4. The molecule has 0 N–H and O–H groups in total. The number of hydrogen-bond donors (Lipinski definition) is 0. The summed E-state index contributed by atoms with van der Waals surface area (Å²) >= 11 is 5.80. The van der Waals surface area contributed by atoms with Crippen LogP contribution >= 0.6 is 11.6 Å². The van der Waals surface area contributed by atoms with Crippen LogP contribution in [-0.2, 0) is 12.6 Å². The highest BCUT2D eigenvalue weighted by molar-refractivity contribution is 6.29. The molecule has 1 aromatic carbocycles. The maximum absolute atomic E-state index is 13.0. The fraction of sp³-hybridized carbons (Fsp3) is 0.143. The molecule has 0 spiro atoms. The molecule has 0 atom stereocenters. The number of alkyl halides is 3. The van der Waals surface area contributed by atoms with E-state index in [1.165, 1.54) is 30.3 Å². The first-order valence-corrected chi connectivity index (χ1v) is 5.99. The number of rotatable bonds is 2. The van der Waals surface area contributed by atoms with Crippen LogP contribution in [0, 0.1) is 11.3 Å².